The first-order valence-electron chi connectivity index (χ1n) is 3.93. The molecule has 0 N–H and O–H groups in total. The summed E-state index contributed by atoms with van der Waals surface area (Å²) in [5, 5.41) is 0. The van der Waals surface area contributed by atoms with Crippen molar-refractivity contribution >= 4 is 18.5 Å². The van der Waals surface area contributed by atoms with Crippen molar-refractivity contribution in [2.75, 3.05) is 26.5 Å². The smallest absolute Gasteiger partial charge is 0.272 e. The monoisotopic (exact) mass is 229 g/mol. The second-order valence-corrected chi connectivity index (χ2v) is 6.15. The molecule has 0 bridgehead atoms. The van der Waals surface area contributed by atoms with Crippen LogP contribution in [0.25, 0.3) is 0 Å². The summed E-state index contributed by atoms with van der Waals surface area (Å²) < 4.78 is 33.6. The van der Waals surface area contributed by atoms with Gasteiger partial charge in [-0.05, 0) is 13.8 Å². The molecule has 0 unspecified atom stereocenters. The predicted molar refractivity (Wildman–Crippen MR) is 52.8 cm³/mol. The van der Waals surface area contributed by atoms with Crippen molar-refractivity contribution in [2.45, 2.75) is 13.8 Å². The van der Waals surface area contributed by atoms with Crippen molar-refractivity contribution in [3.05, 3.63) is 0 Å². The predicted octanol–water partition coefficient (Wildman–Crippen LogP) is 1.18. The summed E-state index contributed by atoms with van der Waals surface area (Å²) in [4.78, 5) is 0. The standard InChI is InChI=1S/C6H16NO4PS/c1-5-10-12(11-6-2)7(3)13(4,8)9/h5-6H2,1-4H3. The Bertz CT molecular complexity index is 225. The minimum Gasteiger partial charge on any atom is -0.322 e. The molecule has 0 spiro atoms. The SMILES string of the molecule is CCOP(OCC)N(C)S(C)(=O)=O. The fraction of sp³-hybridized carbons (Fsp3) is 1.00. The first-order chi connectivity index (χ1) is 5.93. The second-order valence-electron chi connectivity index (χ2n) is 2.27. The number of rotatable bonds is 6. The lowest BCUT2D eigenvalue weighted by atomic mass is 10.9. The van der Waals surface area contributed by atoms with Gasteiger partial charge in [0, 0.05) is 7.05 Å². The molecular weight excluding hydrogens is 213 g/mol. The van der Waals surface area contributed by atoms with E-state index in [9.17, 15) is 8.42 Å². The summed E-state index contributed by atoms with van der Waals surface area (Å²) in [5.74, 6) is 0. The van der Waals surface area contributed by atoms with Gasteiger partial charge in [0.1, 0.15) is 0 Å². The van der Waals surface area contributed by atoms with Gasteiger partial charge in [-0.3, -0.25) is 0 Å². The summed E-state index contributed by atoms with van der Waals surface area (Å²) in [6, 6.07) is 0. The molecule has 0 radical (unpaired) electrons. The Labute approximate surface area is 81.0 Å². The van der Waals surface area contributed by atoms with Crippen LogP contribution in [0.4, 0.5) is 0 Å². The molecule has 0 rings (SSSR count). The van der Waals surface area contributed by atoms with E-state index in [0.29, 0.717) is 13.2 Å². The molecule has 0 aromatic heterocycles. The molecule has 0 aromatic rings. The van der Waals surface area contributed by atoms with Gasteiger partial charge in [-0.15, -0.1) is 4.08 Å². The molecule has 0 aliphatic rings. The second kappa shape index (κ2) is 5.88. The molecule has 0 fully saturated rings. The van der Waals surface area contributed by atoms with Crippen molar-refractivity contribution in [3.63, 3.8) is 0 Å². The van der Waals surface area contributed by atoms with E-state index in [1.54, 1.807) is 13.8 Å². The fourth-order valence-corrected chi connectivity index (χ4v) is 2.64. The first-order valence-corrected chi connectivity index (χ1v) is 6.91. The maximum absolute atomic E-state index is 11.1. The highest BCUT2D eigenvalue weighted by atomic mass is 32.2. The maximum Gasteiger partial charge on any atom is 0.272 e. The van der Waals surface area contributed by atoms with Crippen LogP contribution in [0.5, 0.6) is 0 Å². The summed E-state index contributed by atoms with van der Waals surface area (Å²) in [6.07, 6.45) is 1.13. The van der Waals surface area contributed by atoms with Crippen LogP contribution in [0.1, 0.15) is 13.8 Å². The summed E-state index contributed by atoms with van der Waals surface area (Å²) in [6.45, 7) is 4.46. The molecule has 80 valence electrons. The number of sulfonamides is 1. The molecular formula is C6H16NO4PS. The first kappa shape index (κ1) is 13.3. The molecule has 0 amide bonds. The molecule has 0 saturated carbocycles. The third-order valence-electron chi connectivity index (χ3n) is 1.19. The van der Waals surface area contributed by atoms with Crippen molar-refractivity contribution in [1.82, 2.24) is 4.08 Å². The van der Waals surface area contributed by atoms with Gasteiger partial charge in [-0.1, -0.05) is 0 Å². The molecule has 0 aliphatic heterocycles. The Kier molecular flexibility index (Phi) is 6.00. The lowest BCUT2D eigenvalue weighted by molar-refractivity contribution is 0.248. The van der Waals surface area contributed by atoms with E-state index in [0.717, 1.165) is 10.3 Å². The van der Waals surface area contributed by atoms with Crippen LogP contribution in [0.3, 0.4) is 0 Å². The molecule has 0 saturated heterocycles. The van der Waals surface area contributed by atoms with Crippen LogP contribution < -0.4 is 0 Å². The van der Waals surface area contributed by atoms with E-state index < -0.39 is 18.5 Å². The molecule has 5 nitrogen and oxygen atoms in total. The zero-order valence-electron chi connectivity index (χ0n) is 8.35. The molecule has 7 heteroatoms. The molecule has 0 aromatic carbocycles. The quantitative estimate of drug-likeness (QED) is 0.642. The molecule has 13 heavy (non-hydrogen) atoms. The van der Waals surface area contributed by atoms with Crippen LogP contribution in [0.2, 0.25) is 0 Å². The molecule has 0 aliphatic carbocycles. The minimum atomic E-state index is -3.23. The van der Waals surface area contributed by atoms with Crippen molar-refractivity contribution in [3.8, 4) is 0 Å². The highest BCUT2D eigenvalue weighted by Crippen LogP contribution is 2.42. The minimum absolute atomic E-state index is 0.436. The average molecular weight is 229 g/mol. The largest absolute Gasteiger partial charge is 0.322 e. The third-order valence-corrected chi connectivity index (χ3v) is 4.86. The Hall–Kier alpha value is 0.260. The molecule has 0 heterocycles. The Morgan fingerprint density at radius 1 is 1.23 bits per heavy atom. The normalized spacial score (nSPS) is 12.8. The summed E-state index contributed by atoms with van der Waals surface area (Å²) in [5.41, 5.74) is 0. The van der Waals surface area contributed by atoms with Crippen molar-refractivity contribution in [1.29, 1.82) is 0 Å². The highest BCUT2D eigenvalue weighted by molar-refractivity contribution is 7.92. The maximum atomic E-state index is 11.1. The van der Waals surface area contributed by atoms with Gasteiger partial charge in [0.15, 0.2) is 0 Å². The average Bonchev–Trinajstić information content (AvgIpc) is 2.01. The van der Waals surface area contributed by atoms with E-state index in [1.807, 2.05) is 0 Å². The van der Waals surface area contributed by atoms with E-state index >= 15 is 0 Å². The van der Waals surface area contributed by atoms with E-state index in [1.165, 1.54) is 7.05 Å². The van der Waals surface area contributed by atoms with Crippen LogP contribution in [0.15, 0.2) is 0 Å². The van der Waals surface area contributed by atoms with Crippen LogP contribution >= 0.6 is 8.53 Å². The van der Waals surface area contributed by atoms with E-state index in [-0.39, 0.29) is 0 Å². The van der Waals surface area contributed by atoms with Gasteiger partial charge >= 0.3 is 0 Å². The lowest BCUT2D eigenvalue weighted by Crippen LogP contribution is -2.22. The lowest BCUT2D eigenvalue weighted by Gasteiger charge is -2.22. The van der Waals surface area contributed by atoms with E-state index in [2.05, 4.69) is 0 Å². The van der Waals surface area contributed by atoms with E-state index in [4.69, 9.17) is 9.05 Å². The summed E-state index contributed by atoms with van der Waals surface area (Å²) >= 11 is 0. The van der Waals surface area contributed by atoms with Gasteiger partial charge in [0.2, 0.25) is 10.0 Å². The zero-order valence-corrected chi connectivity index (χ0v) is 10.1. The van der Waals surface area contributed by atoms with Crippen LogP contribution in [0, 0.1) is 0 Å². The zero-order chi connectivity index (χ0) is 10.5. The summed E-state index contributed by atoms with van der Waals surface area (Å²) in [7, 11) is -3.25. The van der Waals surface area contributed by atoms with Gasteiger partial charge in [0.25, 0.3) is 8.53 Å². The van der Waals surface area contributed by atoms with Gasteiger partial charge < -0.3 is 9.05 Å². The highest BCUT2D eigenvalue weighted by Gasteiger charge is 2.24. The van der Waals surface area contributed by atoms with Gasteiger partial charge in [-0.25, -0.2) is 8.42 Å². The third kappa shape index (κ3) is 4.88. The molecule has 0 atom stereocenters. The van der Waals surface area contributed by atoms with Crippen LogP contribution in [-0.2, 0) is 19.1 Å². The fourth-order valence-electron chi connectivity index (χ4n) is 0.542. The van der Waals surface area contributed by atoms with Gasteiger partial charge in [-0.2, -0.15) is 0 Å². The van der Waals surface area contributed by atoms with Gasteiger partial charge in [0.05, 0.1) is 19.5 Å². The number of hydrogen-bond acceptors (Lipinski definition) is 4. The Morgan fingerprint density at radius 3 is 1.85 bits per heavy atom. The van der Waals surface area contributed by atoms with Crippen molar-refractivity contribution in [2.24, 2.45) is 0 Å². The van der Waals surface area contributed by atoms with Crippen LogP contribution in [-0.4, -0.2) is 39.0 Å². The number of nitrogens with zero attached hydrogens (tertiary/aromatic N) is 1. The van der Waals surface area contributed by atoms with Crippen molar-refractivity contribution < 1.29 is 17.5 Å². The number of hydrogen-bond donors (Lipinski definition) is 0. The Morgan fingerprint density at radius 2 is 1.62 bits per heavy atom. The topological polar surface area (TPSA) is 55.8 Å². The Balaban J connectivity index is 4.36.